The van der Waals surface area contributed by atoms with Crippen molar-refractivity contribution in [1.29, 1.82) is 0 Å². The van der Waals surface area contributed by atoms with Gasteiger partial charge in [0.2, 0.25) is 0 Å². The molecule has 1 aromatic heterocycles. The van der Waals surface area contributed by atoms with Crippen molar-refractivity contribution in [2.24, 2.45) is 0 Å². The lowest BCUT2D eigenvalue weighted by Gasteiger charge is -1.97. The van der Waals surface area contributed by atoms with E-state index in [-0.39, 0.29) is 6.54 Å². The summed E-state index contributed by atoms with van der Waals surface area (Å²) in [5.41, 5.74) is 0.885. The Balaban J connectivity index is 2.75. The summed E-state index contributed by atoms with van der Waals surface area (Å²) in [7, 11) is 0. The molecule has 0 saturated carbocycles. The summed E-state index contributed by atoms with van der Waals surface area (Å²) in [6, 6.07) is 0. The maximum Gasteiger partial charge on any atom is 0.257 e. The molecule has 68 valence electrons. The summed E-state index contributed by atoms with van der Waals surface area (Å²) in [4.78, 5) is 0. The Morgan fingerprint density at radius 3 is 2.75 bits per heavy atom. The fourth-order valence-electron chi connectivity index (χ4n) is 0.912. The van der Waals surface area contributed by atoms with Gasteiger partial charge in [0.1, 0.15) is 6.54 Å². The fourth-order valence-corrected chi connectivity index (χ4v) is 1.72. The van der Waals surface area contributed by atoms with Crippen molar-refractivity contribution in [2.75, 3.05) is 0 Å². The summed E-state index contributed by atoms with van der Waals surface area (Å²) in [6.45, 7) is 1.65. The van der Waals surface area contributed by atoms with Crippen LogP contribution in [0.25, 0.3) is 0 Å². The summed E-state index contributed by atoms with van der Waals surface area (Å²) in [6.07, 6.45) is 0.102. The Kier molecular flexibility index (Phi) is 3.42. The van der Waals surface area contributed by atoms with Crippen molar-refractivity contribution < 1.29 is 8.78 Å². The van der Waals surface area contributed by atoms with Gasteiger partial charge in [-0.3, -0.25) is 4.68 Å². The smallest absolute Gasteiger partial charge is 0.257 e. The van der Waals surface area contributed by atoms with E-state index in [0.29, 0.717) is 0 Å². The predicted molar refractivity (Wildman–Crippen MR) is 50.3 cm³/mol. The molecule has 0 radical (unpaired) electrons. The first-order valence-electron chi connectivity index (χ1n) is 3.63. The van der Waals surface area contributed by atoms with Crippen LogP contribution in [0.15, 0.2) is 6.20 Å². The molecule has 0 aliphatic carbocycles. The summed E-state index contributed by atoms with van der Waals surface area (Å²) in [5, 5.41) is 4.00. The van der Waals surface area contributed by atoms with Gasteiger partial charge in [-0.15, -0.1) is 0 Å². The maximum atomic E-state index is 11.9. The summed E-state index contributed by atoms with van der Waals surface area (Å²) >= 11 is 2.10. The van der Waals surface area contributed by atoms with E-state index in [4.69, 9.17) is 0 Å². The topological polar surface area (TPSA) is 17.8 Å². The number of halogens is 3. The zero-order valence-corrected chi connectivity index (χ0v) is 8.75. The fraction of sp³-hybridized carbons (Fsp3) is 0.571. The molecule has 0 spiro atoms. The molecule has 1 aromatic rings. The molecule has 0 amide bonds. The number of hydrogen-bond donors (Lipinski definition) is 0. The van der Waals surface area contributed by atoms with E-state index in [1.165, 1.54) is 4.68 Å². The maximum absolute atomic E-state index is 11.9. The molecule has 0 aromatic carbocycles. The van der Waals surface area contributed by atoms with Gasteiger partial charge in [-0.05, 0) is 29.0 Å². The van der Waals surface area contributed by atoms with Gasteiger partial charge in [0.25, 0.3) is 6.43 Å². The van der Waals surface area contributed by atoms with Gasteiger partial charge in [0, 0.05) is 6.20 Å². The Hall–Kier alpha value is -0.200. The quantitative estimate of drug-likeness (QED) is 0.780. The highest BCUT2D eigenvalue weighted by Gasteiger charge is 2.08. The summed E-state index contributed by atoms with van der Waals surface area (Å²) in [5.74, 6) is 0. The lowest BCUT2D eigenvalue weighted by Crippen LogP contribution is -2.07. The van der Waals surface area contributed by atoms with Crippen molar-refractivity contribution in [1.82, 2.24) is 9.78 Å². The van der Waals surface area contributed by atoms with Gasteiger partial charge in [-0.1, -0.05) is 6.92 Å². The van der Waals surface area contributed by atoms with E-state index in [0.717, 1.165) is 15.7 Å². The average molecular weight is 286 g/mol. The molecule has 0 N–H and O–H groups in total. The van der Waals surface area contributed by atoms with Crippen LogP contribution in [0.3, 0.4) is 0 Å². The van der Waals surface area contributed by atoms with Gasteiger partial charge in [0.05, 0.1) is 9.26 Å². The number of rotatable bonds is 3. The van der Waals surface area contributed by atoms with Gasteiger partial charge in [0.15, 0.2) is 0 Å². The van der Waals surface area contributed by atoms with E-state index in [1.54, 1.807) is 6.20 Å². The van der Waals surface area contributed by atoms with Crippen molar-refractivity contribution in [2.45, 2.75) is 26.3 Å². The number of aryl methyl sites for hydroxylation is 1. The Bertz CT molecular complexity index is 260. The lowest BCUT2D eigenvalue weighted by atomic mass is 10.4. The molecule has 0 atom stereocenters. The largest absolute Gasteiger partial charge is 0.266 e. The average Bonchev–Trinajstić information content (AvgIpc) is 2.29. The Morgan fingerprint density at radius 2 is 2.33 bits per heavy atom. The zero-order valence-electron chi connectivity index (χ0n) is 6.60. The Morgan fingerprint density at radius 1 is 1.67 bits per heavy atom. The minimum absolute atomic E-state index is 0.310. The molecule has 5 heteroatoms. The van der Waals surface area contributed by atoms with Gasteiger partial charge < -0.3 is 0 Å². The summed E-state index contributed by atoms with van der Waals surface area (Å²) < 4.78 is 26.1. The minimum atomic E-state index is -2.33. The number of alkyl halides is 2. The minimum Gasteiger partial charge on any atom is -0.266 e. The molecule has 12 heavy (non-hydrogen) atoms. The number of nitrogens with zero attached hydrogens (tertiary/aromatic N) is 2. The lowest BCUT2D eigenvalue weighted by molar-refractivity contribution is 0.121. The highest BCUT2D eigenvalue weighted by atomic mass is 127. The van der Waals surface area contributed by atoms with E-state index >= 15 is 0 Å². The van der Waals surface area contributed by atoms with E-state index in [9.17, 15) is 8.78 Å². The highest BCUT2D eigenvalue weighted by Crippen LogP contribution is 2.11. The molecule has 0 fully saturated rings. The van der Waals surface area contributed by atoms with Crippen LogP contribution in [-0.4, -0.2) is 16.2 Å². The molecule has 1 heterocycles. The van der Waals surface area contributed by atoms with Gasteiger partial charge >= 0.3 is 0 Å². The molecular formula is C7H9F2IN2. The van der Waals surface area contributed by atoms with Gasteiger partial charge in [-0.2, -0.15) is 5.10 Å². The first-order valence-corrected chi connectivity index (χ1v) is 4.71. The molecule has 2 nitrogen and oxygen atoms in total. The SMILES string of the molecule is CCc1nn(CC(F)F)cc1I. The second-order valence-corrected chi connectivity index (χ2v) is 3.55. The molecular weight excluding hydrogens is 277 g/mol. The van der Waals surface area contributed by atoms with Crippen molar-refractivity contribution in [3.05, 3.63) is 15.5 Å². The molecule has 0 unspecified atom stereocenters. The third-order valence-corrected chi connectivity index (χ3v) is 2.35. The van der Waals surface area contributed by atoms with Crippen LogP contribution in [0, 0.1) is 3.57 Å². The standard InChI is InChI=1S/C7H9F2IN2/c1-2-6-5(10)3-12(11-6)4-7(8)9/h3,7H,2,4H2,1H3. The van der Waals surface area contributed by atoms with Gasteiger partial charge in [-0.25, -0.2) is 8.78 Å². The van der Waals surface area contributed by atoms with Crippen LogP contribution < -0.4 is 0 Å². The predicted octanol–water partition coefficient (Wildman–Crippen LogP) is 2.32. The van der Waals surface area contributed by atoms with Crippen LogP contribution in [0.2, 0.25) is 0 Å². The monoisotopic (exact) mass is 286 g/mol. The highest BCUT2D eigenvalue weighted by molar-refractivity contribution is 14.1. The molecule has 0 aliphatic rings. The van der Waals surface area contributed by atoms with Crippen LogP contribution in [0.5, 0.6) is 0 Å². The van der Waals surface area contributed by atoms with Crippen molar-refractivity contribution in [3.8, 4) is 0 Å². The third-order valence-electron chi connectivity index (χ3n) is 1.45. The molecule has 0 saturated heterocycles. The van der Waals surface area contributed by atoms with Crippen LogP contribution in [0.1, 0.15) is 12.6 Å². The third kappa shape index (κ3) is 2.40. The normalized spacial score (nSPS) is 11.1. The molecule has 1 rings (SSSR count). The molecule has 0 bridgehead atoms. The van der Waals surface area contributed by atoms with E-state index in [1.807, 2.05) is 6.92 Å². The van der Waals surface area contributed by atoms with Crippen molar-refractivity contribution >= 4 is 22.6 Å². The first kappa shape index (κ1) is 9.88. The second-order valence-electron chi connectivity index (χ2n) is 2.39. The van der Waals surface area contributed by atoms with E-state index < -0.39 is 6.43 Å². The molecule has 0 aliphatic heterocycles. The second kappa shape index (κ2) is 4.15. The van der Waals surface area contributed by atoms with Crippen molar-refractivity contribution in [3.63, 3.8) is 0 Å². The van der Waals surface area contributed by atoms with Crippen LogP contribution in [-0.2, 0) is 13.0 Å². The van der Waals surface area contributed by atoms with Crippen LogP contribution in [0.4, 0.5) is 8.78 Å². The Labute approximate surface area is 83.1 Å². The van der Waals surface area contributed by atoms with Crippen LogP contribution >= 0.6 is 22.6 Å². The zero-order chi connectivity index (χ0) is 9.14. The van der Waals surface area contributed by atoms with E-state index in [2.05, 4.69) is 27.7 Å². The first-order chi connectivity index (χ1) is 5.63. The number of hydrogen-bond acceptors (Lipinski definition) is 1. The number of aromatic nitrogens is 2.